The molecule has 0 unspecified atom stereocenters. The second-order valence-corrected chi connectivity index (χ2v) is 7.72. The highest BCUT2D eigenvalue weighted by Gasteiger charge is 2.26. The predicted molar refractivity (Wildman–Crippen MR) is 110 cm³/mol. The second kappa shape index (κ2) is 9.74. The first-order valence-corrected chi connectivity index (χ1v) is 9.91. The van der Waals surface area contributed by atoms with Crippen LogP contribution in [0, 0.1) is 0 Å². The maximum atomic E-state index is 12.8. The van der Waals surface area contributed by atoms with Gasteiger partial charge in [-0.3, -0.25) is 14.5 Å². The number of carbonyl (C=O) groups is 2. The lowest BCUT2D eigenvalue weighted by Crippen LogP contribution is -2.48. The van der Waals surface area contributed by atoms with Gasteiger partial charge in [-0.1, -0.05) is 0 Å². The zero-order valence-electron chi connectivity index (χ0n) is 17.4. The van der Waals surface area contributed by atoms with Crippen molar-refractivity contribution in [3.8, 4) is 0 Å². The minimum absolute atomic E-state index is 0.0585. The van der Waals surface area contributed by atoms with E-state index in [1.807, 2.05) is 57.1 Å². The van der Waals surface area contributed by atoms with Gasteiger partial charge in [-0.25, -0.2) is 0 Å². The van der Waals surface area contributed by atoms with E-state index in [0.717, 1.165) is 43.7 Å². The Bertz CT molecular complexity index is 622. The average molecular weight is 375 g/mol. The molecule has 2 rings (SSSR count). The summed E-state index contributed by atoms with van der Waals surface area (Å²) in [6, 6.07) is 8.34. The highest BCUT2D eigenvalue weighted by atomic mass is 16.2. The molecule has 150 valence electrons. The van der Waals surface area contributed by atoms with Gasteiger partial charge in [0.1, 0.15) is 0 Å². The van der Waals surface area contributed by atoms with E-state index >= 15 is 0 Å². The van der Waals surface area contributed by atoms with E-state index in [-0.39, 0.29) is 17.9 Å². The Morgan fingerprint density at radius 1 is 1.15 bits per heavy atom. The standard InChI is InChI=1S/C21H34N4O2/c1-6-23(4)18-9-7-17(8-10-18)21(27)25-13-11-19(12-14-25)24(5)15-20(26)22-16(2)3/h7-10,16,19H,6,11-15H2,1-5H3,(H,22,26). The van der Waals surface area contributed by atoms with Gasteiger partial charge in [0.25, 0.3) is 5.91 Å². The summed E-state index contributed by atoms with van der Waals surface area (Å²) in [5, 5.41) is 2.93. The van der Waals surface area contributed by atoms with E-state index in [1.54, 1.807) is 0 Å². The fourth-order valence-corrected chi connectivity index (χ4v) is 3.46. The molecule has 6 nitrogen and oxygen atoms in total. The lowest BCUT2D eigenvalue weighted by molar-refractivity contribution is -0.123. The molecule has 2 amide bonds. The molecule has 0 aliphatic carbocycles. The van der Waals surface area contributed by atoms with Crippen LogP contribution in [0.15, 0.2) is 24.3 Å². The first kappa shape index (κ1) is 21.2. The maximum Gasteiger partial charge on any atom is 0.253 e. The normalized spacial score (nSPS) is 15.3. The number of likely N-dealkylation sites (N-methyl/N-ethyl adjacent to an activating group) is 1. The first-order valence-electron chi connectivity index (χ1n) is 9.91. The topological polar surface area (TPSA) is 55.9 Å². The Kier molecular flexibility index (Phi) is 7.66. The predicted octanol–water partition coefficient (Wildman–Crippen LogP) is 2.20. The monoisotopic (exact) mass is 374 g/mol. The Labute approximate surface area is 163 Å². The van der Waals surface area contributed by atoms with Gasteiger partial charge in [0.15, 0.2) is 0 Å². The molecule has 0 bridgehead atoms. The number of piperidine rings is 1. The molecule has 0 spiro atoms. The fraction of sp³-hybridized carbons (Fsp3) is 0.619. The first-order chi connectivity index (χ1) is 12.8. The van der Waals surface area contributed by atoms with Crippen molar-refractivity contribution in [1.82, 2.24) is 15.1 Å². The van der Waals surface area contributed by atoms with Gasteiger partial charge in [0.05, 0.1) is 6.54 Å². The van der Waals surface area contributed by atoms with Crippen LogP contribution in [-0.4, -0.2) is 74.0 Å². The quantitative estimate of drug-likeness (QED) is 0.795. The number of hydrogen-bond acceptors (Lipinski definition) is 4. The number of anilines is 1. The number of nitrogens with one attached hydrogen (secondary N) is 1. The van der Waals surface area contributed by atoms with Crippen LogP contribution >= 0.6 is 0 Å². The molecule has 0 atom stereocenters. The van der Waals surface area contributed by atoms with Gasteiger partial charge < -0.3 is 15.1 Å². The van der Waals surface area contributed by atoms with Crippen molar-refractivity contribution in [3.05, 3.63) is 29.8 Å². The van der Waals surface area contributed by atoms with Gasteiger partial charge in [-0.2, -0.15) is 0 Å². The molecule has 6 heteroatoms. The Hall–Kier alpha value is -2.08. The van der Waals surface area contributed by atoms with Gasteiger partial charge in [-0.05, 0) is 64.9 Å². The van der Waals surface area contributed by atoms with Gasteiger partial charge >= 0.3 is 0 Å². The lowest BCUT2D eigenvalue weighted by Gasteiger charge is -2.36. The molecule has 0 saturated carbocycles. The molecule has 27 heavy (non-hydrogen) atoms. The summed E-state index contributed by atoms with van der Waals surface area (Å²) in [7, 11) is 4.03. The SMILES string of the molecule is CCN(C)c1ccc(C(=O)N2CCC(N(C)CC(=O)NC(C)C)CC2)cc1. The van der Waals surface area contributed by atoms with Crippen LogP contribution in [0.3, 0.4) is 0 Å². The molecule has 1 aromatic rings. The van der Waals surface area contributed by atoms with Crippen LogP contribution in [0.25, 0.3) is 0 Å². The minimum atomic E-state index is 0.0585. The summed E-state index contributed by atoms with van der Waals surface area (Å²) in [4.78, 5) is 30.9. The van der Waals surface area contributed by atoms with Crippen molar-refractivity contribution < 1.29 is 9.59 Å². The van der Waals surface area contributed by atoms with Crippen molar-refractivity contribution >= 4 is 17.5 Å². The Morgan fingerprint density at radius 2 is 1.74 bits per heavy atom. The molecular formula is C21H34N4O2. The Morgan fingerprint density at radius 3 is 2.26 bits per heavy atom. The number of amides is 2. The van der Waals surface area contributed by atoms with Crippen LogP contribution in [0.5, 0.6) is 0 Å². The summed E-state index contributed by atoms with van der Waals surface area (Å²) >= 11 is 0. The molecule has 0 radical (unpaired) electrons. The summed E-state index contributed by atoms with van der Waals surface area (Å²) in [6.07, 6.45) is 1.79. The van der Waals surface area contributed by atoms with Crippen LogP contribution in [-0.2, 0) is 4.79 Å². The molecule has 1 aromatic carbocycles. The van der Waals surface area contributed by atoms with Crippen molar-refractivity contribution in [2.75, 3.05) is 45.2 Å². The van der Waals surface area contributed by atoms with Crippen LogP contribution < -0.4 is 10.2 Å². The summed E-state index contributed by atoms with van der Waals surface area (Å²) in [6.45, 7) is 8.84. The second-order valence-electron chi connectivity index (χ2n) is 7.72. The molecular weight excluding hydrogens is 340 g/mol. The maximum absolute atomic E-state index is 12.8. The van der Waals surface area contributed by atoms with Crippen molar-refractivity contribution in [2.45, 2.75) is 45.7 Å². The van der Waals surface area contributed by atoms with E-state index in [2.05, 4.69) is 22.0 Å². The molecule has 1 N–H and O–H groups in total. The van der Waals surface area contributed by atoms with E-state index in [4.69, 9.17) is 0 Å². The van der Waals surface area contributed by atoms with E-state index in [1.165, 1.54) is 0 Å². The highest BCUT2D eigenvalue weighted by molar-refractivity contribution is 5.94. The number of nitrogens with zero attached hydrogens (tertiary/aromatic N) is 3. The number of carbonyl (C=O) groups excluding carboxylic acids is 2. The number of hydrogen-bond donors (Lipinski definition) is 1. The van der Waals surface area contributed by atoms with E-state index < -0.39 is 0 Å². The van der Waals surface area contributed by atoms with Gasteiger partial charge in [-0.15, -0.1) is 0 Å². The summed E-state index contributed by atoms with van der Waals surface area (Å²) in [5.41, 5.74) is 1.86. The lowest BCUT2D eigenvalue weighted by atomic mass is 10.0. The third kappa shape index (κ3) is 5.96. The number of benzene rings is 1. The zero-order valence-corrected chi connectivity index (χ0v) is 17.4. The molecule has 1 heterocycles. The highest BCUT2D eigenvalue weighted by Crippen LogP contribution is 2.19. The van der Waals surface area contributed by atoms with E-state index in [9.17, 15) is 9.59 Å². The van der Waals surface area contributed by atoms with Gasteiger partial charge in [0, 0.05) is 50.0 Å². The Balaban J connectivity index is 1.85. The average Bonchev–Trinajstić information content (AvgIpc) is 2.66. The molecule has 1 saturated heterocycles. The smallest absolute Gasteiger partial charge is 0.253 e. The minimum Gasteiger partial charge on any atom is -0.375 e. The summed E-state index contributed by atoms with van der Waals surface area (Å²) in [5.74, 6) is 0.155. The fourth-order valence-electron chi connectivity index (χ4n) is 3.46. The van der Waals surface area contributed by atoms with Gasteiger partial charge in [0.2, 0.25) is 5.91 Å². The molecule has 1 aliphatic rings. The largest absolute Gasteiger partial charge is 0.375 e. The third-order valence-corrected chi connectivity index (χ3v) is 5.25. The number of likely N-dealkylation sites (tertiary alicyclic amines) is 1. The number of rotatable bonds is 7. The van der Waals surface area contributed by atoms with Crippen molar-refractivity contribution in [1.29, 1.82) is 0 Å². The van der Waals surface area contributed by atoms with Crippen LogP contribution in [0.1, 0.15) is 44.0 Å². The molecule has 0 aromatic heterocycles. The van der Waals surface area contributed by atoms with E-state index in [0.29, 0.717) is 12.6 Å². The zero-order chi connectivity index (χ0) is 20.0. The summed E-state index contributed by atoms with van der Waals surface area (Å²) < 4.78 is 0. The third-order valence-electron chi connectivity index (χ3n) is 5.25. The molecule has 1 aliphatic heterocycles. The van der Waals surface area contributed by atoms with Crippen molar-refractivity contribution in [3.63, 3.8) is 0 Å². The van der Waals surface area contributed by atoms with Crippen LogP contribution in [0.2, 0.25) is 0 Å². The van der Waals surface area contributed by atoms with Crippen molar-refractivity contribution in [2.24, 2.45) is 0 Å². The molecule has 1 fully saturated rings. The van der Waals surface area contributed by atoms with Crippen LogP contribution in [0.4, 0.5) is 5.69 Å².